The van der Waals surface area contributed by atoms with Crippen molar-refractivity contribution in [1.82, 2.24) is 5.32 Å². The van der Waals surface area contributed by atoms with Crippen LogP contribution in [0.25, 0.3) is 0 Å². The lowest BCUT2D eigenvalue weighted by molar-refractivity contribution is -0.384. The molecule has 3 atom stereocenters. The number of carbonyl (C=O) groups excluding carboxylic acids is 1. The van der Waals surface area contributed by atoms with Crippen LogP contribution in [-0.4, -0.2) is 16.9 Å². The number of benzene rings is 1. The molecule has 0 bridgehead atoms. The van der Waals surface area contributed by atoms with Gasteiger partial charge in [-0.05, 0) is 18.9 Å². The molecule has 20 heavy (non-hydrogen) atoms. The van der Waals surface area contributed by atoms with Crippen molar-refractivity contribution >= 4 is 11.6 Å². The van der Waals surface area contributed by atoms with Crippen LogP contribution < -0.4 is 11.1 Å². The highest BCUT2D eigenvalue weighted by atomic mass is 16.6. The molecule has 6 nitrogen and oxygen atoms in total. The largest absolute Gasteiger partial charge is 0.349 e. The zero-order chi connectivity index (χ0) is 14.7. The molecule has 0 aromatic heterocycles. The number of nitrogens with two attached hydrogens (primary N) is 1. The van der Waals surface area contributed by atoms with Gasteiger partial charge in [0.05, 0.1) is 16.9 Å². The highest BCUT2D eigenvalue weighted by Gasteiger charge is 2.24. The van der Waals surface area contributed by atoms with Crippen LogP contribution in [0.2, 0.25) is 0 Å². The number of rotatable bonds is 4. The molecule has 6 heteroatoms. The first-order valence-electron chi connectivity index (χ1n) is 6.46. The van der Waals surface area contributed by atoms with Gasteiger partial charge in [0.15, 0.2) is 0 Å². The van der Waals surface area contributed by atoms with Crippen molar-refractivity contribution < 1.29 is 9.72 Å². The lowest BCUT2D eigenvalue weighted by Gasteiger charge is -2.17. The topological polar surface area (TPSA) is 98.3 Å². The van der Waals surface area contributed by atoms with Gasteiger partial charge in [-0.3, -0.25) is 14.9 Å². The van der Waals surface area contributed by atoms with Crippen LogP contribution >= 0.6 is 0 Å². The molecule has 0 radical (unpaired) electrons. The molecule has 1 aromatic carbocycles. The summed E-state index contributed by atoms with van der Waals surface area (Å²) in [5.74, 6) is -0.320. The van der Waals surface area contributed by atoms with Crippen molar-refractivity contribution in [3.8, 4) is 0 Å². The molecule has 0 aliphatic heterocycles. The number of nitrogens with one attached hydrogen (secondary N) is 1. The summed E-state index contributed by atoms with van der Waals surface area (Å²) < 4.78 is 0. The maximum Gasteiger partial charge on any atom is 0.269 e. The Morgan fingerprint density at radius 1 is 1.50 bits per heavy atom. The molecule has 0 fully saturated rings. The molecule has 3 N–H and O–H groups in total. The second-order valence-electron chi connectivity index (χ2n) is 4.97. The van der Waals surface area contributed by atoms with Crippen molar-refractivity contribution in [3.05, 3.63) is 52.1 Å². The molecule has 1 aromatic rings. The average Bonchev–Trinajstić information content (AvgIpc) is 2.85. The molecule has 0 saturated carbocycles. The first kappa shape index (κ1) is 14.2. The van der Waals surface area contributed by atoms with E-state index in [1.807, 2.05) is 6.08 Å². The third-order valence-electron chi connectivity index (χ3n) is 3.39. The number of carbonyl (C=O) groups is 1. The summed E-state index contributed by atoms with van der Waals surface area (Å²) in [6.07, 6.45) is 4.23. The number of nitro groups is 1. The summed E-state index contributed by atoms with van der Waals surface area (Å²) in [5, 5.41) is 13.6. The average molecular weight is 275 g/mol. The van der Waals surface area contributed by atoms with Crippen molar-refractivity contribution in [2.75, 3.05) is 0 Å². The lowest BCUT2D eigenvalue weighted by atomic mass is 10.0. The fourth-order valence-corrected chi connectivity index (χ4v) is 2.23. The predicted octanol–water partition coefficient (Wildman–Crippen LogP) is 1.68. The van der Waals surface area contributed by atoms with Gasteiger partial charge in [-0.25, -0.2) is 0 Å². The Kier molecular flexibility index (Phi) is 4.14. The maximum atomic E-state index is 12.0. The summed E-state index contributed by atoms with van der Waals surface area (Å²) >= 11 is 0. The fourth-order valence-electron chi connectivity index (χ4n) is 2.23. The van der Waals surface area contributed by atoms with E-state index in [9.17, 15) is 14.9 Å². The standard InChI is InChI=1S/C14H17N3O3/c1-9(10-3-2-4-13(8-10)17(19)20)16-14(18)11-5-6-12(15)7-11/h2-6,8-9,11-12H,7,15H2,1H3,(H,16,18). The van der Waals surface area contributed by atoms with Gasteiger partial charge in [0, 0.05) is 18.2 Å². The number of nitro benzene ring substituents is 1. The molecule has 0 heterocycles. The lowest BCUT2D eigenvalue weighted by Crippen LogP contribution is -2.32. The number of non-ortho nitro benzene ring substituents is 1. The van der Waals surface area contributed by atoms with Crippen LogP contribution in [0.1, 0.15) is 24.9 Å². The van der Waals surface area contributed by atoms with Gasteiger partial charge in [0.2, 0.25) is 5.91 Å². The number of hydrogen-bond acceptors (Lipinski definition) is 4. The maximum absolute atomic E-state index is 12.0. The molecule has 1 aliphatic carbocycles. The summed E-state index contributed by atoms with van der Waals surface area (Å²) in [6, 6.07) is 5.92. The second kappa shape index (κ2) is 5.83. The zero-order valence-corrected chi connectivity index (χ0v) is 11.2. The molecule has 3 unspecified atom stereocenters. The van der Waals surface area contributed by atoms with Crippen molar-refractivity contribution in [1.29, 1.82) is 0 Å². The van der Waals surface area contributed by atoms with Crippen molar-refractivity contribution in [2.24, 2.45) is 11.7 Å². The van der Waals surface area contributed by atoms with E-state index in [1.165, 1.54) is 12.1 Å². The number of amides is 1. The summed E-state index contributed by atoms with van der Waals surface area (Å²) in [6.45, 7) is 1.80. The Hall–Kier alpha value is -2.21. The third kappa shape index (κ3) is 3.21. The monoisotopic (exact) mass is 275 g/mol. The van der Waals surface area contributed by atoms with Crippen LogP contribution in [0.15, 0.2) is 36.4 Å². The minimum atomic E-state index is -0.448. The van der Waals surface area contributed by atoms with E-state index >= 15 is 0 Å². The number of nitrogens with zero attached hydrogens (tertiary/aromatic N) is 1. The second-order valence-corrected chi connectivity index (χ2v) is 4.97. The van der Waals surface area contributed by atoms with E-state index in [1.54, 1.807) is 25.1 Å². The minimum absolute atomic E-state index is 0.0198. The summed E-state index contributed by atoms with van der Waals surface area (Å²) in [5.41, 5.74) is 6.44. The molecule has 0 saturated heterocycles. The zero-order valence-electron chi connectivity index (χ0n) is 11.2. The highest BCUT2D eigenvalue weighted by molar-refractivity contribution is 5.81. The van der Waals surface area contributed by atoms with E-state index in [2.05, 4.69) is 5.32 Å². The molecule has 1 aliphatic rings. The van der Waals surface area contributed by atoms with E-state index in [0.717, 1.165) is 0 Å². The van der Waals surface area contributed by atoms with E-state index < -0.39 is 4.92 Å². The molecule has 0 spiro atoms. The Morgan fingerprint density at radius 2 is 2.25 bits per heavy atom. The predicted molar refractivity (Wildman–Crippen MR) is 74.9 cm³/mol. The van der Waals surface area contributed by atoms with Gasteiger partial charge in [-0.15, -0.1) is 0 Å². The van der Waals surface area contributed by atoms with Gasteiger partial charge < -0.3 is 11.1 Å². The van der Waals surface area contributed by atoms with Crippen LogP contribution in [0.5, 0.6) is 0 Å². The van der Waals surface area contributed by atoms with Crippen LogP contribution in [0.4, 0.5) is 5.69 Å². The van der Waals surface area contributed by atoms with Gasteiger partial charge in [-0.1, -0.05) is 24.3 Å². The first-order valence-corrected chi connectivity index (χ1v) is 6.46. The van der Waals surface area contributed by atoms with Crippen LogP contribution in [-0.2, 0) is 4.79 Å². The van der Waals surface area contributed by atoms with Crippen LogP contribution in [0, 0.1) is 16.0 Å². The van der Waals surface area contributed by atoms with Gasteiger partial charge in [0.1, 0.15) is 0 Å². The Labute approximate surface area is 116 Å². The molecule has 2 rings (SSSR count). The van der Waals surface area contributed by atoms with Crippen molar-refractivity contribution in [2.45, 2.75) is 25.4 Å². The SMILES string of the molecule is CC(NC(=O)C1C=CC(N)C1)c1cccc([N+](=O)[O-])c1. The van der Waals surface area contributed by atoms with E-state index in [0.29, 0.717) is 12.0 Å². The van der Waals surface area contributed by atoms with E-state index in [4.69, 9.17) is 5.73 Å². The highest BCUT2D eigenvalue weighted by Crippen LogP contribution is 2.21. The van der Waals surface area contributed by atoms with Crippen LogP contribution in [0.3, 0.4) is 0 Å². The van der Waals surface area contributed by atoms with Gasteiger partial charge >= 0.3 is 0 Å². The summed E-state index contributed by atoms with van der Waals surface area (Å²) in [7, 11) is 0. The molecule has 106 valence electrons. The first-order chi connectivity index (χ1) is 9.47. The summed E-state index contributed by atoms with van der Waals surface area (Å²) in [4.78, 5) is 22.3. The van der Waals surface area contributed by atoms with Gasteiger partial charge in [0.25, 0.3) is 5.69 Å². The fraction of sp³-hybridized carbons (Fsp3) is 0.357. The van der Waals surface area contributed by atoms with Crippen molar-refractivity contribution in [3.63, 3.8) is 0 Å². The normalized spacial score (nSPS) is 22.5. The number of hydrogen-bond donors (Lipinski definition) is 2. The smallest absolute Gasteiger partial charge is 0.269 e. The third-order valence-corrected chi connectivity index (χ3v) is 3.39. The Bertz CT molecular complexity index is 556. The molecular weight excluding hydrogens is 258 g/mol. The minimum Gasteiger partial charge on any atom is -0.349 e. The quantitative estimate of drug-likeness (QED) is 0.496. The molecular formula is C14H17N3O3. The Balaban J connectivity index is 2.03. The molecule has 1 amide bonds. The van der Waals surface area contributed by atoms with E-state index in [-0.39, 0.29) is 29.6 Å². The Morgan fingerprint density at radius 3 is 2.85 bits per heavy atom. The van der Waals surface area contributed by atoms with Gasteiger partial charge in [-0.2, -0.15) is 0 Å².